The van der Waals surface area contributed by atoms with E-state index >= 15 is 0 Å². The topological polar surface area (TPSA) is 47.6 Å². The van der Waals surface area contributed by atoms with E-state index in [1.807, 2.05) is 26.1 Å². The van der Waals surface area contributed by atoms with E-state index in [-0.39, 0.29) is 5.97 Å². The number of nitrogens with one attached hydrogen (secondary N) is 1. The van der Waals surface area contributed by atoms with Crippen LogP contribution in [0.3, 0.4) is 0 Å². The van der Waals surface area contributed by atoms with Crippen LogP contribution in [0.25, 0.3) is 0 Å². The Bertz CT molecular complexity index is 457. The molecule has 0 saturated carbocycles. The second-order valence-corrected chi connectivity index (χ2v) is 6.27. The Kier molecular flexibility index (Phi) is 8.29. The molecule has 1 atom stereocenters. The lowest BCUT2D eigenvalue weighted by Crippen LogP contribution is -2.29. The number of rotatable bonds is 8. The van der Waals surface area contributed by atoms with Gasteiger partial charge in [-0.05, 0) is 69.9 Å². The van der Waals surface area contributed by atoms with Gasteiger partial charge in [-0.2, -0.15) is 0 Å². The smallest absolute Gasteiger partial charge is 0.347 e. The third-order valence-electron chi connectivity index (χ3n) is 2.80. The number of benzene rings is 1. The number of hydrogen-bond donors (Lipinski definition) is 1. The zero-order valence-electron chi connectivity index (χ0n) is 12.5. The monoisotopic (exact) mass is 421 g/mol. The molecule has 1 aromatic carbocycles. The zero-order valence-corrected chi connectivity index (χ0v) is 15.7. The van der Waals surface area contributed by atoms with Gasteiger partial charge in [0.2, 0.25) is 0 Å². The first-order chi connectivity index (χ1) is 10.0. The Morgan fingerprint density at radius 1 is 1.29 bits per heavy atom. The maximum absolute atomic E-state index is 11.9. The van der Waals surface area contributed by atoms with E-state index in [1.54, 1.807) is 6.92 Å². The van der Waals surface area contributed by atoms with Crippen LogP contribution in [0.15, 0.2) is 21.1 Å². The summed E-state index contributed by atoms with van der Waals surface area (Å²) >= 11 is 7.00. The molecule has 1 N–H and O–H groups in total. The molecule has 0 aromatic heterocycles. The summed E-state index contributed by atoms with van der Waals surface area (Å²) in [4.78, 5) is 11.9. The Labute approximate surface area is 142 Å². The second-order valence-electron chi connectivity index (χ2n) is 4.57. The van der Waals surface area contributed by atoms with E-state index in [9.17, 15) is 4.79 Å². The molecule has 21 heavy (non-hydrogen) atoms. The van der Waals surface area contributed by atoms with Crippen molar-refractivity contribution in [2.45, 2.75) is 39.3 Å². The van der Waals surface area contributed by atoms with Crippen LogP contribution in [0.2, 0.25) is 0 Å². The Morgan fingerprint density at radius 2 is 1.90 bits per heavy atom. The normalized spacial score (nSPS) is 12.0. The van der Waals surface area contributed by atoms with Gasteiger partial charge in [0.25, 0.3) is 0 Å². The van der Waals surface area contributed by atoms with E-state index in [0.717, 1.165) is 27.5 Å². The highest BCUT2D eigenvalue weighted by Gasteiger charge is 2.23. The molecule has 1 unspecified atom stereocenters. The van der Waals surface area contributed by atoms with Gasteiger partial charge in [0.05, 0.1) is 15.6 Å². The lowest BCUT2D eigenvalue weighted by atomic mass is 10.2. The van der Waals surface area contributed by atoms with Crippen LogP contribution >= 0.6 is 31.9 Å². The van der Waals surface area contributed by atoms with Crippen molar-refractivity contribution in [2.24, 2.45) is 0 Å². The molecule has 4 nitrogen and oxygen atoms in total. The van der Waals surface area contributed by atoms with Crippen molar-refractivity contribution >= 4 is 37.8 Å². The highest BCUT2D eigenvalue weighted by Crippen LogP contribution is 2.36. The minimum Gasteiger partial charge on any atom is -0.476 e. The SMILES string of the molecule is CCCC(Oc1c(Br)cc(CNC)cc1Br)C(=O)OCC. The van der Waals surface area contributed by atoms with Crippen LogP contribution in [0.4, 0.5) is 0 Å². The van der Waals surface area contributed by atoms with Crippen LogP contribution in [0.5, 0.6) is 5.75 Å². The first-order valence-electron chi connectivity index (χ1n) is 6.99. The number of hydrogen-bond acceptors (Lipinski definition) is 4. The molecule has 0 spiro atoms. The van der Waals surface area contributed by atoms with Gasteiger partial charge in [0, 0.05) is 6.54 Å². The van der Waals surface area contributed by atoms with Gasteiger partial charge in [-0.25, -0.2) is 4.79 Å². The maximum Gasteiger partial charge on any atom is 0.347 e. The quantitative estimate of drug-likeness (QED) is 0.642. The summed E-state index contributed by atoms with van der Waals surface area (Å²) in [5.41, 5.74) is 1.12. The van der Waals surface area contributed by atoms with Crippen LogP contribution in [0, 0.1) is 0 Å². The maximum atomic E-state index is 11.9. The average Bonchev–Trinajstić information content (AvgIpc) is 2.42. The van der Waals surface area contributed by atoms with Crippen LogP contribution < -0.4 is 10.1 Å². The summed E-state index contributed by atoms with van der Waals surface area (Å²) in [7, 11) is 1.89. The second kappa shape index (κ2) is 9.43. The van der Waals surface area contributed by atoms with Crippen LogP contribution in [-0.4, -0.2) is 25.7 Å². The van der Waals surface area contributed by atoms with Crippen molar-refractivity contribution in [3.05, 3.63) is 26.6 Å². The predicted molar refractivity (Wildman–Crippen MR) is 90.6 cm³/mol. The van der Waals surface area contributed by atoms with Gasteiger partial charge in [-0.1, -0.05) is 13.3 Å². The fraction of sp³-hybridized carbons (Fsp3) is 0.533. The molecule has 0 aliphatic rings. The van der Waals surface area contributed by atoms with Crippen molar-refractivity contribution in [3.8, 4) is 5.75 Å². The first-order valence-corrected chi connectivity index (χ1v) is 8.57. The summed E-state index contributed by atoms with van der Waals surface area (Å²) in [5, 5.41) is 3.10. The molecule has 1 aromatic rings. The Hall–Kier alpha value is -0.590. The van der Waals surface area contributed by atoms with E-state index in [1.165, 1.54) is 0 Å². The van der Waals surface area contributed by atoms with Crippen molar-refractivity contribution in [1.29, 1.82) is 0 Å². The minimum atomic E-state index is -0.585. The summed E-state index contributed by atoms with van der Waals surface area (Å²) in [6, 6.07) is 3.95. The molecule has 0 aliphatic carbocycles. The van der Waals surface area contributed by atoms with Crippen LogP contribution in [0.1, 0.15) is 32.3 Å². The molecule has 0 fully saturated rings. The van der Waals surface area contributed by atoms with Crippen molar-refractivity contribution < 1.29 is 14.3 Å². The average molecular weight is 423 g/mol. The fourth-order valence-corrected chi connectivity index (χ4v) is 3.36. The van der Waals surface area contributed by atoms with Gasteiger partial charge in [0.15, 0.2) is 6.10 Å². The summed E-state index contributed by atoms with van der Waals surface area (Å²) in [6.45, 7) is 4.91. The lowest BCUT2D eigenvalue weighted by Gasteiger charge is -2.19. The number of ether oxygens (including phenoxy) is 2. The van der Waals surface area contributed by atoms with Crippen molar-refractivity contribution in [3.63, 3.8) is 0 Å². The molecular weight excluding hydrogens is 402 g/mol. The first kappa shape index (κ1) is 18.5. The molecule has 0 saturated heterocycles. The van der Waals surface area contributed by atoms with E-state index in [2.05, 4.69) is 37.2 Å². The molecule has 0 aliphatic heterocycles. The van der Waals surface area contributed by atoms with Gasteiger partial charge in [-0.15, -0.1) is 0 Å². The largest absolute Gasteiger partial charge is 0.476 e. The van der Waals surface area contributed by atoms with Gasteiger partial charge >= 0.3 is 5.97 Å². The van der Waals surface area contributed by atoms with Crippen molar-refractivity contribution in [2.75, 3.05) is 13.7 Å². The van der Waals surface area contributed by atoms with Crippen LogP contribution in [-0.2, 0) is 16.1 Å². The number of carbonyl (C=O) groups excluding carboxylic acids is 1. The van der Waals surface area contributed by atoms with E-state index < -0.39 is 6.10 Å². The number of halogens is 2. The number of esters is 1. The molecule has 0 bridgehead atoms. The molecule has 0 heterocycles. The summed E-state index contributed by atoms with van der Waals surface area (Å²) in [5.74, 6) is 0.304. The standard InChI is InChI=1S/C15H21Br2NO3/c1-4-6-13(15(19)20-5-2)21-14-11(16)7-10(9-18-3)8-12(14)17/h7-8,13,18H,4-6,9H2,1-3H3. The molecule has 6 heteroatoms. The minimum absolute atomic E-state index is 0.322. The number of carbonyl (C=O) groups is 1. The third kappa shape index (κ3) is 5.60. The van der Waals surface area contributed by atoms with Crippen molar-refractivity contribution in [1.82, 2.24) is 5.32 Å². The van der Waals surface area contributed by atoms with E-state index in [4.69, 9.17) is 9.47 Å². The molecule has 1 rings (SSSR count). The molecule has 118 valence electrons. The highest BCUT2D eigenvalue weighted by molar-refractivity contribution is 9.11. The molecular formula is C15H21Br2NO3. The highest BCUT2D eigenvalue weighted by atomic mass is 79.9. The molecule has 0 amide bonds. The summed E-state index contributed by atoms with van der Waals surface area (Å²) in [6.07, 6.45) is 0.879. The zero-order chi connectivity index (χ0) is 15.8. The van der Waals surface area contributed by atoms with Gasteiger partial charge < -0.3 is 14.8 Å². The van der Waals surface area contributed by atoms with Gasteiger partial charge in [0.1, 0.15) is 5.75 Å². The molecule has 0 radical (unpaired) electrons. The van der Waals surface area contributed by atoms with Gasteiger partial charge in [-0.3, -0.25) is 0 Å². The van der Waals surface area contributed by atoms with E-state index in [0.29, 0.717) is 18.8 Å². The predicted octanol–water partition coefficient (Wildman–Crippen LogP) is 4.04. The Balaban J connectivity index is 2.95. The Morgan fingerprint density at radius 3 is 2.38 bits per heavy atom. The third-order valence-corrected chi connectivity index (χ3v) is 3.98. The fourth-order valence-electron chi connectivity index (χ4n) is 1.90. The summed E-state index contributed by atoms with van der Waals surface area (Å²) < 4.78 is 12.6. The lowest BCUT2D eigenvalue weighted by molar-refractivity contribution is -0.151.